The van der Waals surface area contributed by atoms with Crippen LogP contribution >= 0.6 is 0 Å². The molecule has 212 valence electrons. The first-order chi connectivity index (χ1) is 19.5. The van der Waals surface area contributed by atoms with Gasteiger partial charge in [0.1, 0.15) is 12.4 Å². The third kappa shape index (κ3) is 7.72. The lowest BCUT2D eigenvalue weighted by Gasteiger charge is -2.35. The zero-order valence-electron chi connectivity index (χ0n) is 23.8. The first-order valence-electron chi connectivity index (χ1n) is 15.0. The van der Waals surface area contributed by atoms with E-state index in [0.29, 0.717) is 18.4 Å². The van der Waals surface area contributed by atoms with Crippen molar-refractivity contribution in [1.29, 1.82) is 0 Å². The predicted molar refractivity (Wildman–Crippen MR) is 159 cm³/mol. The van der Waals surface area contributed by atoms with Crippen molar-refractivity contribution in [2.75, 3.05) is 26.7 Å². The van der Waals surface area contributed by atoms with Crippen LogP contribution in [0.25, 0.3) is 0 Å². The summed E-state index contributed by atoms with van der Waals surface area (Å²) in [6.45, 7) is 3.70. The van der Waals surface area contributed by atoms with E-state index in [-0.39, 0.29) is 18.0 Å². The van der Waals surface area contributed by atoms with Gasteiger partial charge in [0.2, 0.25) is 0 Å². The molecule has 2 aliphatic rings. The van der Waals surface area contributed by atoms with Gasteiger partial charge in [-0.15, -0.1) is 0 Å². The average Bonchev–Trinajstić information content (AvgIpc) is 3.42. The highest BCUT2D eigenvalue weighted by Crippen LogP contribution is 2.42. The number of rotatable bonds is 10. The van der Waals surface area contributed by atoms with Crippen molar-refractivity contribution in [3.8, 4) is 0 Å². The second-order valence-electron chi connectivity index (χ2n) is 11.8. The van der Waals surface area contributed by atoms with E-state index in [1.165, 1.54) is 36.8 Å². The Labute approximate surface area is 239 Å². The molecule has 3 aromatic carbocycles. The Morgan fingerprint density at radius 2 is 1.57 bits per heavy atom. The van der Waals surface area contributed by atoms with Gasteiger partial charge in [-0.1, -0.05) is 79.2 Å². The van der Waals surface area contributed by atoms with E-state index in [9.17, 15) is 9.18 Å². The lowest BCUT2D eigenvalue weighted by atomic mass is 9.87. The van der Waals surface area contributed by atoms with Crippen molar-refractivity contribution in [2.45, 2.75) is 63.5 Å². The van der Waals surface area contributed by atoms with Gasteiger partial charge in [0.25, 0.3) is 0 Å². The zero-order valence-corrected chi connectivity index (χ0v) is 23.8. The monoisotopic (exact) mass is 542 g/mol. The second-order valence-corrected chi connectivity index (χ2v) is 11.8. The Kier molecular flexibility index (Phi) is 9.88. The van der Waals surface area contributed by atoms with E-state index in [1.807, 2.05) is 54.4 Å². The summed E-state index contributed by atoms with van der Waals surface area (Å²) in [4.78, 5) is 17.4. The number of benzene rings is 3. The lowest BCUT2D eigenvalue weighted by molar-refractivity contribution is 0.0901. The molecule has 0 spiro atoms. The van der Waals surface area contributed by atoms with Crippen molar-refractivity contribution in [2.24, 2.45) is 11.8 Å². The number of hydrogen-bond donors (Lipinski definition) is 0. The molecule has 4 nitrogen and oxygen atoms in total. The molecule has 1 aliphatic heterocycles. The van der Waals surface area contributed by atoms with Gasteiger partial charge in [-0.25, -0.2) is 9.18 Å². The highest BCUT2D eigenvalue weighted by atomic mass is 19.1. The topological polar surface area (TPSA) is 32.8 Å². The zero-order chi connectivity index (χ0) is 27.7. The normalized spacial score (nSPS) is 21.8. The van der Waals surface area contributed by atoms with Crippen LogP contribution < -0.4 is 0 Å². The highest BCUT2D eigenvalue weighted by molar-refractivity contribution is 5.67. The van der Waals surface area contributed by atoms with Crippen LogP contribution in [0, 0.1) is 17.7 Å². The van der Waals surface area contributed by atoms with Gasteiger partial charge in [-0.3, -0.25) is 0 Å². The largest absolute Gasteiger partial charge is 0.445 e. The van der Waals surface area contributed by atoms with Gasteiger partial charge < -0.3 is 14.5 Å². The average molecular weight is 543 g/mol. The number of likely N-dealkylation sites (tertiary alicyclic amines) is 1. The van der Waals surface area contributed by atoms with Crippen molar-refractivity contribution in [1.82, 2.24) is 9.80 Å². The fourth-order valence-corrected chi connectivity index (χ4v) is 6.73. The molecule has 5 rings (SSSR count). The summed E-state index contributed by atoms with van der Waals surface area (Å²) >= 11 is 0. The van der Waals surface area contributed by atoms with Crippen LogP contribution in [0.4, 0.5) is 9.18 Å². The van der Waals surface area contributed by atoms with Gasteiger partial charge in [0.05, 0.1) is 0 Å². The van der Waals surface area contributed by atoms with E-state index in [4.69, 9.17) is 4.74 Å². The number of hydrogen-bond acceptors (Lipinski definition) is 3. The molecule has 0 radical (unpaired) electrons. The maximum atomic E-state index is 13.2. The van der Waals surface area contributed by atoms with Crippen LogP contribution in [0.1, 0.15) is 61.1 Å². The quantitative estimate of drug-likeness (QED) is 0.263. The van der Waals surface area contributed by atoms with Crippen molar-refractivity contribution >= 4 is 6.09 Å². The number of ether oxygens (including phenoxy) is 1. The molecule has 1 amide bonds. The fraction of sp³-hybridized carbons (Fsp3) is 0.457. The van der Waals surface area contributed by atoms with Gasteiger partial charge in [-0.2, -0.15) is 0 Å². The van der Waals surface area contributed by atoms with Gasteiger partial charge in [0, 0.05) is 19.6 Å². The Bertz CT molecular complexity index is 1180. The molecule has 1 unspecified atom stereocenters. The summed E-state index contributed by atoms with van der Waals surface area (Å²) in [6.07, 6.45) is 7.71. The van der Waals surface area contributed by atoms with E-state index >= 15 is 0 Å². The summed E-state index contributed by atoms with van der Waals surface area (Å²) in [5, 5.41) is 0. The molecule has 1 saturated carbocycles. The number of carbonyl (C=O) groups excluding carboxylic acids is 1. The smallest absolute Gasteiger partial charge is 0.410 e. The van der Waals surface area contributed by atoms with Crippen LogP contribution in [0.2, 0.25) is 0 Å². The molecular weight excluding hydrogens is 499 g/mol. The third-order valence-corrected chi connectivity index (χ3v) is 9.13. The van der Waals surface area contributed by atoms with Gasteiger partial charge in [-0.05, 0) is 98.2 Å². The van der Waals surface area contributed by atoms with E-state index in [2.05, 4.69) is 35.2 Å². The first-order valence-corrected chi connectivity index (χ1v) is 15.0. The number of piperidine rings is 1. The number of amides is 1. The number of aryl methyl sites for hydroxylation is 1. The molecule has 1 heterocycles. The number of nitrogens with zero attached hydrogens (tertiary/aromatic N) is 2. The third-order valence-electron chi connectivity index (χ3n) is 9.13. The lowest BCUT2D eigenvalue weighted by Crippen LogP contribution is -2.38. The van der Waals surface area contributed by atoms with Crippen LogP contribution in [-0.2, 0) is 17.8 Å². The molecule has 40 heavy (non-hydrogen) atoms. The summed E-state index contributed by atoms with van der Waals surface area (Å²) in [5.74, 6) is 1.59. The standard InChI is InChI=1S/C35H43FN2O2/c1-37(35(39)40-26-29-9-4-2-5-10-29)33-23-31(34(24-33)30-13-6-3-7-14-30)25-38-21-19-28(20-22-38)12-8-11-27-15-17-32(36)18-16-27/h2-7,9-10,13-18,28,31,33-34H,8,11-12,19-26H2,1H3/t31-,33?,34-/m1/s1. The van der Waals surface area contributed by atoms with Crippen LogP contribution in [0.5, 0.6) is 0 Å². The molecule has 3 aromatic rings. The van der Waals surface area contributed by atoms with E-state index < -0.39 is 0 Å². The van der Waals surface area contributed by atoms with Crippen LogP contribution in [0.15, 0.2) is 84.9 Å². The minimum Gasteiger partial charge on any atom is -0.445 e. The van der Waals surface area contributed by atoms with E-state index in [1.54, 1.807) is 12.1 Å². The second kappa shape index (κ2) is 13.9. The Morgan fingerprint density at radius 3 is 2.27 bits per heavy atom. The molecule has 1 saturated heterocycles. The SMILES string of the molecule is CN(C(=O)OCc1ccccc1)C1C[C@H](CN2CCC(CCCc3ccc(F)cc3)CC2)[C@@H](c2ccccc2)C1. The van der Waals surface area contributed by atoms with E-state index in [0.717, 1.165) is 50.4 Å². The Morgan fingerprint density at radius 1 is 0.900 bits per heavy atom. The molecule has 5 heteroatoms. The molecule has 0 aromatic heterocycles. The van der Waals surface area contributed by atoms with Crippen molar-refractivity contribution < 1.29 is 13.9 Å². The molecule has 3 atom stereocenters. The van der Waals surface area contributed by atoms with Gasteiger partial charge in [0.15, 0.2) is 0 Å². The fourth-order valence-electron chi connectivity index (χ4n) is 6.73. The summed E-state index contributed by atoms with van der Waals surface area (Å²) < 4.78 is 18.8. The van der Waals surface area contributed by atoms with Crippen LogP contribution in [0.3, 0.4) is 0 Å². The highest BCUT2D eigenvalue weighted by Gasteiger charge is 2.39. The maximum absolute atomic E-state index is 13.2. The maximum Gasteiger partial charge on any atom is 0.410 e. The molecule has 1 aliphatic carbocycles. The number of halogens is 1. The van der Waals surface area contributed by atoms with Gasteiger partial charge >= 0.3 is 6.09 Å². The summed E-state index contributed by atoms with van der Waals surface area (Å²) in [7, 11) is 1.90. The minimum absolute atomic E-state index is 0.158. The summed E-state index contributed by atoms with van der Waals surface area (Å²) in [6, 6.07) is 27.9. The Balaban J connectivity index is 1.12. The predicted octanol–water partition coefficient (Wildman–Crippen LogP) is 7.69. The number of carbonyl (C=O) groups is 1. The molecule has 0 N–H and O–H groups in total. The summed E-state index contributed by atoms with van der Waals surface area (Å²) in [5.41, 5.74) is 3.63. The molecular formula is C35H43FN2O2. The first kappa shape index (κ1) is 28.4. The minimum atomic E-state index is -0.234. The van der Waals surface area contributed by atoms with Crippen molar-refractivity contribution in [3.05, 3.63) is 107 Å². The molecule has 2 fully saturated rings. The van der Waals surface area contributed by atoms with Crippen LogP contribution in [-0.4, -0.2) is 48.6 Å². The van der Waals surface area contributed by atoms with Crippen molar-refractivity contribution in [3.63, 3.8) is 0 Å². The molecule has 0 bridgehead atoms. The Hall–Kier alpha value is -3.18.